The van der Waals surface area contributed by atoms with Crippen molar-refractivity contribution in [2.45, 2.75) is 0 Å². The molecule has 0 aliphatic rings. The van der Waals surface area contributed by atoms with E-state index in [0.29, 0.717) is 22.0 Å². The van der Waals surface area contributed by atoms with Crippen LogP contribution in [0.15, 0.2) is 42.0 Å². The summed E-state index contributed by atoms with van der Waals surface area (Å²) >= 11 is 1.31. The van der Waals surface area contributed by atoms with Gasteiger partial charge >= 0.3 is 0 Å². The molecule has 0 fully saturated rings. The number of hydrogen-bond acceptors (Lipinski definition) is 6. The maximum Gasteiger partial charge on any atom is 0.267 e. The number of tetrazole rings is 1. The summed E-state index contributed by atoms with van der Waals surface area (Å²) in [6, 6.07) is 8.75. The van der Waals surface area contributed by atoms with Gasteiger partial charge in [-0.1, -0.05) is 5.92 Å². The monoisotopic (exact) mass is 325 g/mol. The van der Waals surface area contributed by atoms with E-state index in [9.17, 15) is 4.79 Å². The van der Waals surface area contributed by atoms with Crippen LogP contribution in [0.5, 0.6) is 5.75 Å². The van der Waals surface area contributed by atoms with Gasteiger partial charge in [0.2, 0.25) is 0 Å². The van der Waals surface area contributed by atoms with Gasteiger partial charge in [-0.3, -0.25) is 4.79 Å². The fourth-order valence-corrected chi connectivity index (χ4v) is 2.65. The number of hydrogen-bond donors (Lipinski definition) is 1. The number of benzene rings is 1. The molecule has 1 N–H and O–H groups in total. The number of thiophene rings is 1. The second kappa shape index (κ2) is 6.72. The number of amides is 1. The maximum absolute atomic E-state index is 12.4. The summed E-state index contributed by atoms with van der Waals surface area (Å²) in [4.78, 5) is 12.9. The highest BCUT2D eigenvalue weighted by molar-refractivity contribution is 7.12. The number of anilines is 1. The summed E-state index contributed by atoms with van der Waals surface area (Å²) in [5, 5.41) is 15.6. The Morgan fingerprint density at radius 1 is 1.35 bits per heavy atom. The van der Waals surface area contributed by atoms with Crippen molar-refractivity contribution in [2.24, 2.45) is 0 Å². The minimum absolute atomic E-state index is 0.205. The van der Waals surface area contributed by atoms with Crippen molar-refractivity contribution >= 4 is 22.9 Å². The molecule has 8 heteroatoms. The number of carbonyl (C=O) groups is 1. The summed E-state index contributed by atoms with van der Waals surface area (Å²) in [6.45, 7) is 0.205. The van der Waals surface area contributed by atoms with E-state index < -0.39 is 0 Å². The molecule has 0 aliphatic heterocycles. The van der Waals surface area contributed by atoms with Crippen molar-refractivity contribution in [3.63, 3.8) is 0 Å². The second-order valence-corrected chi connectivity index (χ2v) is 5.28. The Labute approximate surface area is 135 Å². The van der Waals surface area contributed by atoms with Crippen molar-refractivity contribution in [1.82, 2.24) is 20.2 Å². The second-order valence-electron chi connectivity index (χ2n) is 4.36. The van der Waals surface area contributed by atoms with Crippen LogP contribution in [0.2, 0.25) is 0 Å². The van der Waals surface area contributed by atoms with E-state index in [0.717, 1.165) is 0 Å². The molecule has 7 nitrogen and oxygen atoms in total. The fourth-order valence-electron chi connectivity index (χ4n) is 1.87. The average Bonchev–Trinajstić information content (AvgIpc) is 3.24. The highest BCUT2D eigenvalue weighted by Crippen LogP contribution is 2.22. The van der Waals surface area contributed by atoms with E-state index in [4.69, 9.17) is 11.2 Å². The zero-order valence-electron chi connectivity index (χ0n) is 11.8. The number of aromatic nitrogens is 4. The Bertz CT molecular complexity index is 834. The van der Waals surface area contributed by atoms with Crippen LogP contribution in [0.3, 0.4) is 0 Å². The largest absolute Gasteiger partial charge is 0.481 e. The third-order valence-corrected chi connectivity index (χ3v) is 3.78. The minimum atomic E-state index is -0.234. The van der Waals surface area contributed by atoms with Crippen molar-refractivity contribution in [3.05, 3.63) is 46.9 Å². The van der Waals surface area contributed by atoms with E-state index in [-0.39, 0.29) is 12.5 Å². The van der Waals surface area contributed by atoms with Crippen LogP contribution in [-0.2, 0) is 0 Å². The van der Waals surface area contributed by atoms with E-state index in [1.807, 2.05) is 5.38 Å². The first-order chi connectivity index (χ1) is 11.3. The Morgan fingerprint density at radius 2 is 2.17 bits per heavy atom. The molecule has 0 saturated carbocycles. The molecule has 3 aromatic rings. The van der Waals surface area contributed by atoms with Crippen molar-refractivity contribution in [1.29, 1.82) is 0 Å². The zero-order chi connectivity index (χ0) is 16.1. The summed E-state index contributed by atoms with van der Waals surface area (Å²) in [6.07, 6.45) is 6.57. The first-order valence-electron chi connectivity index (χ1n) is 6.56. The first kappa shape index (κ1) is 14.7. The lowest BCUT2D eigenvalue weighted by Crippen LogP contribution is -2.13. The average molecular weight is 325 g/mol. The van der Waals surface area contributed by atoms with Crippen LogP contribution in [0.1, 0.15) is 9.67 Å². The molecular formula is C15H11N5O2S. The smallest absolute Gasteiger partial charge is 0.267 e. The van der Waals surface area contributed by atoms with E-state index in [1.165, 1.54) is 22.3 Å². The van der Waals surface area contributed by atoms with Gasteiger partial charge in [0.05, 0.1) is 5.69 Å². The Balaban J connectivity index is 1.73. The molecule has 2 heterocycles. The first-order valence-corrected chi connectivity index (χ1v) is 7.44. The molecule has 2 aromatic heterocycles. The number of nitrogens with zero attached hydrogens (tertiary/aromatic N) is 4. The molecule has 114 valence electrons. The van der Waals surface area contributed by atoms with Crippen LogP contribution < -0.4 is 10.1 Å². The van der Waals surface area contributed by atoms with Crippen molar-refractivity contribution < 1.29 is 9.53 Å². The Kier molecular flexibility index (Phi) is 4.31. The normalized spacial score (nSPS) is 10.0. The summed E-state index contributed by atoms with van der Waals surface area (Å²) < 4.78 is 6.73. The highest BCUT2D eigenvalue weighted by Gasteiger charge is 2.15. The number of ether oxygens (including phenoxy) is 1. The quantitative estimate of drug-likeness (QED) is 0.726. The Morgan fingerprint density at radius 3 is 2.87 bits per heavy atom. The Hall–Kier alpha value is -3.18. The molecule has 0 spiro atoms. The van der Waals surface area contributed by atoms with Crippen LogP contribution >= 0.6 is 11.3 Å². The number of rotatable bonds is 5. The van der Waals surface area contributed by atoms with Gasteiger partial charge in [0.25, 0.3) is 5.91 Å². The van der Waals surface area contributed by atoms with Gasteiger partial charge in [0, 0.05) is 5.69 Å². The van der Waals surface area contributed by atoms with Crippen LogP contribution in [-0.4, -0.2) is 32.7 Å². The fraction of sp³-hybridized carbons (Fsp3) is 0.0667. The number of nitrogens with one attached hydrogen (secondary N) is 1. The molecule has 0 unspecified atom stereocenters. The van der Waals surface area contributed by atoms with Crippen molar-refractivity contribution in [2.75, 3.05) is 11.9 Å². The lowest BCUT2D eigenvalue weighted by molar-refractivity contribution is 0.103. The molecule has 0 bridgehead atoms. The maximum atomic E-state index is 12.4. The van der Waals surface area contributed by atoms with Crippen LogP contribution in [0.25, 0.3) is 5.69 Å². The van der Waals surface area contributed by atoms with E-state index in [1.54, 1.807) is 30.3 Å². The molecular weight excluding hydrogens is 314 g/mol. The lowest BCUT2D eigenvalue weighted by Gasteiger charge is -2.07. The molecule has 1 aromatic carbocycles. The topological polar surface area (TPSA) is 81.9 Å². The van der Waals surface area contributed by atoms with Crippen LogP contribution in [0.4, 0.5) is 5.69 Å². The lowest BCUT2D eigenvalue weighted by atomic mass is 10.3. The molecule has 0 atom stereocenters. The van der Waals surface area contributed by atoms with E-state index >= 15 is 0 Å². The molecule has 23 heavy (non-hydrogen) atoms. The van der Waals surface area contributed by atoms with Gasteiger partial charge in [-0.15, -0.1) is 22.9 Å². The molecule has 0 radical (unpaired) electrons. The van der Waals surface area contributed by atoms with Gasteiger partial charge < -0.3 is 10.1 Å². The van der Waals surface area contributed by atoms with Gasteiger partial charge in [0.15, 0.2) is 0 Å². The SMILES string of the molecule is C#CCOc1ccc(NC(=O)c2sccc2-n2cnnn2)cc1. The number of carbonyl (C=O) groups excluding carboxylic acids is 1. The van der Waals surface area contributed by atoms with Gasteiger partial charge in [-0.25, -0.2) is 0 Å². The van der Waals surface area contributed by atoms with Gasteiger partial charge in [-0.05, 0) is 46.1 Å². The highest BCUT2D eigenvalue weighted by atomic mass is 32.1. The third kappa shape index (κ3) is 3.36. The molecule has 0 saturated heterocycles. The van der Waals surface area contributed by atoms with E-state index in [2.05, 4.69) is 26.8 Å². The molecule has 0 aliphatic carbocycles. The van der Waals surface area contributed by atoms with Gasteiger partial charge in [0.1, 0.15) is 23.6 Å². The number of terminal acetylenes is 1. The summed E-state index contributed by atoms with van der Waals surface area (Å²) in [5.74, 6) is 2.80. The zero-order valence-corrected chi connectivity index (χ0v) is 12.7. The van der Waals surface area contributed by atoms with Gasteiger partial charge in [-0.2, -0.15) is 4.68 Å². The summed E-state index contributed by atoms with van der Waals surface area (Å²) in [7, 11) is 0. The minimum Gasteiger partial charge on any atom is -0.481 e. The standard InChI is InChI=1S/C15H11N5O2S/c1-2-8-22-12-5-3-11(4-6-12)17-15(21)14-13(7-9-23-14)20-10-16-18-19-20/h1,3-7,9-10H,8H2,(H,17,21). The predicted molar refractivity (Wildman–Crippen MR) is 85.8 cm³/mol. The third-order valence-electron chi connectivity index (χ3n) is 2.88. The van der Waals surface area contributed by atoms with Crippen molar-refractivity contribution in [3.8, 4) is 23.8 Å². The summed E-state index contributed by atoms with van der Waals surface area (Å²) in [5.41, 5.74) is 1.28. The predicted octanol–water partition coefficient (Wildman–Crippen LogP) is 1.99. The molecule has 1 amide bonds. The molecule has 3 rings (SSSR count). The van der Waals surface area contributed by atoms with Crippen LogP contribution in [0, 0.1) is 12.3 Å².